The molecule has 0 radical (unpaired) electrons. The molecule has 0 saturated carbocycles. The molecule has 7 nitrogen and oxygen atoms in total. The first kappa shape index (κ1) is 17.4. The van der Waals surface area contributed by atoms with Gasteiger partial charge in [-0.05, 0) is 31.5 Å². The predicted octanol–water partition coefficient (Wildman–Crippen LogP) is 3.14. The maximum absolute atomic E-state index is 13.1. The highest BCUT2D eigenvalue weighted by Gasteiger charge is 2.32. The van der Waals surface area contributed by atoms with Crippen molar-refractivity contribution in [2.75, 3.05) is 7.05 Å². The molecule has 1 unspecified atom stereocenters. The molecule has 0 amide bonds. The number of nitrogens with one attached hydrogen (secondary N) is 1. The van der Waals surface area contributed by atoms with Gasteiger partial charge >= 0.3 is 0 Å². The van der Waals surface area contributed by atoms with Gasteiger partial charge in [-0.15, -0.1) is 0 Å². The molecule has 0 spiro atoms. The van der Waals surface area contributed by atoms with Gasteiger partial charge in [-0.25, -0.2) is 8.42 Å². The molecule has 3 aromatic rings. The number of rotatable bonds is 6. The Balaban J connectivity index is 1.98. The maximum Gasteiger partial charge on any atom is 0.246 e. The van der Waals surface area contributed by atoms with Crippen molar-refractivity contribution in [2.24, 2.45) is 0 Å². The minimum atomic E-state index is -3.73. The van der Waals surface area contributed by atoms with Crippen molar-refractivity contribution >= 4 is 10.0 Å². The first-order valence-corrected chi connectivity index (χ1v) is 9.38. The summed E-state index contributed by atoms with van der Waals surface area (Å²) in [4.78, 5) is 4.45. The lowest BCUT2D eigenvalue weighted by Crippen LogP contribution is -2.31. The summed E-state index contributed by atoms with van der Waals surface area (Å²) < 4.78 is 33.2. The van der Waals surface area contributed by atoms with Gasteiger partial charge in [-0.3, -0.25) is 10.1 Å². The van der Waals surface area contributed by atoms with E-state index in [0.29, 0.717) is 29.3 Å². The molecule has 25 heavy (non-hydrogen) atoms. The number of aromatic nitrogens is 3. The largest absolute Gasteiger partial charge is 0.458 e. The van der Waals surface area contributed by atoms with Crippen LogP contribution in [-0.4, -0.2) is 35.0 Å². The van der Waals surface area contributed by atoms with Crippen LogP contribution in [0.2, 0.25) is 0 Å². The highest BCUT2D eigenvalue weighted by molar-refractivity contribution is 7.89. The van der Waals surface area contributed by atoms with Crippen LogP contribution in [0.5, 0.6) is 0 Å². The Morgan fingerprint density at radius 1 is 1.28 bits per heavy atom. The zero-order valence-corrected chi connectivity index (χ0v) is 15.1. The molecule has 8 heteroatoms. The van der Waals surface area contributed by atoms with Crippen LogP contribution in [-0.2, 0) is 10.0 Å². The summed E-state index contributed by atoms with van der Waals surface area (Å²) in [7, 11) is -2.16. The summed E-state index contributed by atoms with van der Waals surface area (Å²) in [5, 5.41) is 6.64. The molecule has 132 valence electrons. The van der Waals surface area contributed by atoms with Crippen LogP contribution in [0.4, 0.5) is 0 Å². The average Bonchev–Trinajstić information content (AvgIpc) is 3.26. The summed E-state index contributed by atoms with van der Waals surface area (Å²) in [6, 6.07) is 8.39. The van der Waals surface area contributed by atoms with Gasteiger partial charge in [0.2, 0.25) is 10.0 Å². The maximum atomic E-state index is 13.1. The molecule has 0 fully saturated rings. The lowest BCUT2D eigenvalue weighted by molar-refractivity contribution is 0.359. The van der Waals surface area contributed by atoms with Gasteiger partial charge in [0.25, 0.3) is 0 Å². The average molecular weight is 360 g/mol. The molecule has 1 N–H and O–H groups in total. The highest BCUT2D eigenvalue weighted by Crippen LogP contribution is 2.32. The van der Waals surface area contributed by atoms with Crippen molar-refractivity contribution < 1.29 is 12.8 Å². The second-order valence-corrected chi connectivity index (χ2v) is 7.67. The van der Waals surface area contributed by atoms with Crippen LogP contribution < -0.4 is 0 Å². The Bertz CT molecular complexity index is 934. The second kappa shape index (κ2) is 6.81. The molecule has 0 aromatic carbocycles. The number of H-pyrrole nitrogens is 1. The fourth-order valence-electron chi connectivity index (χ4n) is 2.80. The van der Waals surface area contributed by atoms with E-state index in [1.165, 1.54) is 10.4 Å². The standard InChI is InChI=1S/C17H20N4O3S/c1-4-15(13-7-5-6-9-18-13)21(3)25(22,23)17-11-16(24-12(17)2)14-8-10-19-20-14/h5-11,15H,4H2,1-3H3,(H,19,20). The van der Waals surface area contributed by atoms with Crippen LogP contribution >= 0.6 is 0 Å². The molecule has 3 heterocycles. The van der Waals surface area contributed by atoms with E-state index >= 15 is 0 Å². The van der Waals surface area contributed by atoms with E-state index in [1.54, 1.807) is 32.4 Å². The van der Waals surface area contributed by atoms with Crippen molar-refractivity contribution in [1.82, 2.24) is 19.5 Å². The molecule has 1 atom stereocenters. The fraction of sp³-hybridized carbons (Fsp3) is 0.294. The van der Waals surface area contributed by atoms with E-state index in [0.717, 1.165) is 0 Å². The number of furan rings is 1. The first-order chi connectivity index (χ1) is 11.9. The smallest absolute Gasteiger partial charge is 0.246 e. The van der Waals surface area contributed by atoms with E-state index < -0.39 is 10.0 Å². The van der Waals surface area contributed by atoms with E-state index in [9.17, 15) is 8.42 Å². The van der Waals surface area contributed by atoms with Crippen molar-refractivity contribution in [1.29, 1.82) is 0 Å². The predicted molar refractivity (Wildman–Crippen MR) is 93.2 cm³/mol. The third-order valence-corrected chi connectivity index (χ3v) is 6.12. The SMILES string of the molecule is CCC(c1ccccn1)N(C)S(=O)(=O)c1cc(-c2ccn[nH]2)oc1C. The molecule has 0 aliphatic heterocycles. The van der Waals surface area contributed by atoms with Crippen LogP contribution in [0.25, 0.3) is 11.5 Å². The van der Waals surface area contributed by atoms with Crippen LogP contribution in [0, 0.1) is 6.92 Å². The van der Waals surface area contributed by atoms with Gasteiger partial charge in [-0.2, -0.15) is 9.40 Å². The van der Waals surface area contributed by atoms with Gasteiger partial charge in [0.1, 0.15) is 16.3 Å². The van der Waals surface area contributed by atoms with Gasteiger partial charge in [0.05, 0.1) is 11.7 Å². The Hall–Kier alpha value is -2.45. The zero-order chi connectivity index (χ0) is 18.0. The number of nitrogens with zero attached hydrogens (tertiary/aromatic N) is 3. The highest BCUT2D eigenvalue weighted by atomic mass is 32.2. The van der Waals surface area contributed by atoms with E-state index in [2.05, 4.69) is 15.2 Å². The number of aryl methyl sites for hydroxylation is 1. The van der Waals surface area contributed by atoms with E-state index in [1.807, 2.05) is 25.1 Å². The minimum absolute atomic E-state index is 0.147. The molecular formula is C17H20N4O3S. The normalized spacial score (nSPS) is 13.3. The number of sulfonamides is 1. The van der Waals surface area contributed by atoms with E-state index in [-0.39, 0.29) is 10.9 Å². The Kier molecular flexibility index (Phi) is 4.73. The number of hydrogen-bond donors (Lipinski definition) is 1. The van der Waals surface area contributed by atoms with Gasteiger partial charge in [0.15, 0.2) is 5.76 Å². The van der Waals surface area contributed by atoms with E-state index in [4.69, 9.17) is 4.42 Å². The van der Waals surface area contributed by atoms with Crippen molar-refractivity contribution in [3.05, 3.63) is 54.2 Å². The van der Waals surface area contributed by atoms with Crippen molar-refractivity contribution in [3.63, 3.8) is 0 Å². The van der Waals surface area contributed by atoms with Crippen molar-refractivity contribution in [2.45, 2.75) is 31.2 Å². The summed E-state index contributed by atoms with van der Waals surface area (Å²) >= 11 is 0. The monoisotopic (exact) mass is 360 g/mol. The number of hydrogen-bond acceptors (Lipinski definition) is 5. The lowest BCUT2D eigenvalue weighted by Gasteiger charge is -2.25. The molecule has 0 aliphatic carbocycles. The number of pyridine rings is 1. The fourth-order valence-corrected chi connectivity index (χ4v) is 4.36. The van der Waals surface area contributed by atoms with Gasteiger partial charge < -0.3 is 4.42 Å². The Labute approximate surface area is 146 Å². The minimum Gasteiger partial charge on any atom is -0.458 e. The van der Waals surface area contributed by atoms with Crippen LogP contribution in [0.3, 0.4) is 0 Å². The molecule has 0 bridgehead atoms. The molecule has 3 rings (SSSR count). The second-order valence-electron chi connectivity index (χ2n) is 5.70. The summed E-state index contributed by atoms with van der Waals surface area (Å²) in [6.07, 6.45) is 3.86. The van der Waals surface area contributed by atoms with Crippen LogP contribution in [0.15, 0.2) is 52.0 Å². The van der Waals surface area contributed by atoms with Crippen molar-refractivity contribution in [3.8, 4) is 11.5 Å². The Morgan fingerprint density at radius 2 is 2.08 bits per heavy atom. The lowest BCUT2D eigenvalue weighted by atomic mass is 10.1. The third-order valence-electron chi connectivity index (χ3n) is 4.15. The first-order valence-electron chi connectivity index (χ1n) is 7.94. The quantitative estimate of drug-likeness (QED) is 0.729. The summed E-state index contributed by atoms with van der Waals surface area (Å²) in [5.41, 5.74) is 1.34. The third kappa shape index (κ3) is 3.22. The summed E-state index contributed by atoms with van der Waals surface area (Å²) in [6.45, 7) is 3.58. The Morgan fingerprint density at radius 3 is 2.68 bits per heavy atom. The van der Waals surface area contributed by atoms with Crippen LogP contribution in [0.1, 0.15) is 30.8 Å². The zero-order valence-electron chi connectivity index (χ0n) is 14.3. The molecular weight excluding hydrogens is 340 g/mol. The molecule has 0 aliphatic rings. The van der Waals surface area contributed by atoms with Gasteiger partial charge in [-0.1, -0.05) is 13.0 Å². The molecule has 3 aromatic heterocycles. The summed E-state index contributed by atoms with van der Waals surface area (Å²) in [5.74, 6) is 0.778. The number of aromatic amines is 1. The van der Waals surface area contributed by atoms with Gasteiger partial charge in [0, 0.05) is 25.5 Å². The molecule has 0 saturated heterocycles. The topological polar surface area (TPSA) is 92.1 Å².